The minimum atomic E-state index is -0.844. The van der Waals surface area contributed by atoms with Crippen LogP contribution in [-0.2, 0) is 11.3 Å². The third kappa shape index (κ3) is 2.95. The highest BCUT2D eigenvalue weighted by molar-refractivity contribution is 5.72. The molecule has 1 aromatic carbocycles. The summed E-state index contributed by atoms with van der Waals surface area (Å²) < 4.78 is 1.77. The summed E-state index contributed by atoms with van der Waals surface area (Å²) >= 11 is 0. The molecular weight excluding hydrogens is 230 g/mol. The van der Waals surface area contributed by atoms with Crippen molar-refractivity contribution in [2.45, 2.75) is 19.5 Å². The van der Waals surface area contributed by atoms with Gasteiger partial charge in [-0.1, -0.05) is 12.1 Å². The maximum absolute atomic E-state index is 10.7. The molecule has 0 bridgehead atoms. The first-order valence-corrected chi connectivity index (χ1v) is 5.72. The summed E-state index contributed by atoms with van der Waals surface area (Å²) in [6.07, 6.45) is 3.60. The molecule has 0 saturated carbocycles. The molecule has 0 unspecified atom stereocenters. The van der Waals surface area contributed by atoms with Gasteiger partial charge in [0.05, 0.1) is 5.69 Å². The van der Waals surface area contributed by atoms with Crippen molar-refractivity contribution >= 4 is 5.97 Å². The normalized spacial score (nSPS) is 12.3. The smallest absolute Gasteiger partial charge is 0.320 e. The summed E-state index contributed by atoms with van der Waals surface area (Å²) in [7, 11) is 0. The lowest BCUT2D eigenvalue weighted by Gasteiger charge is -2.09. The topological polar surface area (TPSA) is 67.2 Å². The number of nitrogens with zero attached hydrogens (tertiary/aromatic N) is 2. The predicted octanol–water partition coefficient (Wildman–Crippen LogP) is 1.44. The minimum absolute atomic E-state index is 0.535. The van der Waals surface area contributed by atoms with Crippen molar-refractivity contribution in [3.05, 3.63) is 48.3 Å². The Morgan fingerprint density at radius 1 is 1.44 bits per heavy atom. The molecule has 94 valence electrons. The van der Waals surface area contributed by atoms with Crippen LogP contribution in [0.25, 0.3) is 5.69 Å². The number of carboxylic acid groups (broad SMARTS) is 1. The van der Waals surface area contributed by atoms with Crippen LogP contribution >= 0.6 is 0 Å². The zero-order valence-corrected chi connectivity index (χ0v) is 10.1. The molecule has 0 aliphatic carbocycles. The van der Waals surface area contributed by atoms with Gasteiger partial charge in [0.25, 0.3) is 0 Å². The van der Waals surface area contributed by atoms with E-state index >= 15 is 0 Å². The third-order valence-electron chi connectivity index (χ3n) is 2.69. The standard InChI is InChI=1S/C13H15N3O2/c1-10(13(17)18)14-9-11-3-5-12(6-4-11)16-8-2-7-15-16/h2-8,10,14H,9H2,1H3,(H,17,18)/t10-/m0/s1. The molecular formula is C13H15N3O2. The number of aromatic nitrogens is 2. The second-order valence-corrected chi connectivity index (χ2v) is 4.06. The highest BCUT2D eigenvalue weighted by Gasteiger charge is 2.08. The maximum atomic E-state index is 10.7. The van der Waals surface area contributed by atoms with E-state index in [4.69, 9.17) is 5.11 Å². The molecule has 0 saturated heterocycles. The second-order valence-electron chi connectivity index (χ2n) is 4.06. The number of nitrogens with one attached hydrogen (secondary N) is 1. The first-order chi connectivity index (χ1) is 8.66. The van der Waals surface area contributed by atoms with Crippen molar-refractivity contribution in [1.82, 2.24) is 15.1 Å². The van der Waals surface area contributed by atoms with E-state index in [2.05, 4.69) is 10.4 Å². The van der Waals surface area contributed by atoms with E-state index in [9.17, 15) is 4.79 Å². The van der Waals surface area contributed by atoms with Crippen LogP contribution in [0.3, 0.4) is 0 Å². The van der Waals surface area contributed by atoms with Crippen molar-refractivity contribution in [2.75, 3.05) is 0 Å². The van der Waals surface area contributed by atoms with Gasteiger partial charge in [0.2, 0.25) is 0 Å². The summed E-state index contributed by atoms with van der Waals surface area (Å²) in [5.74, 6) is -0.844. The zero-order valence-electron chi connectivity index (χ0n) is 10.1. The summed E-state index contributed by atoms with van der Waals surface area (Å²) in [4.78, 5) is 10.7. The van der Waals surface area contributed by atoms with E-state index in [1.165, 1.54) is 0 Å². The highest BCUT2D eigenvalue weighted by atomic mass is 16.4. The van der Waals surface area contributed by atoms with E-state index < -0.39 is 12.0 Å². The highest BCUT2D eigenvalue weighted by Crippen LogP contribution is 2.08. The van der Waals surface area contributed by atoms with Gasteiger partial charge in [0, 0.05) is 18.9 Å². The summed E-state index contributed by atoms with van der Waals surface area (Å²) in [5.41, 5.74) is 2.02. The molecule has 5 heteroatoms. The molecule has 0 spiro atoms. The molecule has 0 amide bonds. The van der Waals surface area contributed by atoms with Crippen LogP contribution in [0.1, 0.15) is 12.5 Å². The van der Waals surface area contributed by atoms with Crippen LogP contribution in [0.2, 0.25) is 0 Å². The molecule has 2 aromatic rings. The Kier molecular flexibility index (Phi) is 3.74. The first-order valence-electron chi connectivity index (χ1n) is 5.72. The number of hydrogen-bond donors (Lipinski definition) is 2. The van der Waals surface area contributed by atoms with E-state index in [0.29, 0.717) is 6.54 Å². The van der Waals surface area contributed by atoms with Crippen LogP contribution in [0.5, 0.6) is 0 Å². The Morgan fingerprint density at radius 2 is 2.17 bits per heavy atom. The van der Waals surface area contributed by atoms with Gasteiger partial charge in [-0.25, -0.2) is 4.68 Å². The molecule has 18 heavy (non-hydrogen) atoms. The number of aliphatic carboxylic acids is 1. The van der Waals surface area contributed by atoms with Crippen LogP contribution in [0.4, 0.5) is 0 Å². The van der Waals surface area contributed by atoms with Crippen molar-refractivity contribution in [3.63, 3.8) is 0 Å². The second kappa shape index (κ2) is 5.46. The van der Waals surface area contributed by atoms with Gasteiger partial charge in [-0.2, -0.15) is 5.10 Å². The Labute approximate surface area is 105 Å². The number of rotatable bonds is 5. The number of carbonyl (C=O) groups is 1. The van der Waals surface area contributed by atoms with E-state index in [1.807, 2.05) is 36.5 Å². The quantitative estimate of drug-likeness (QED) is 0.836. The molecule has 0 radical (unpaired) electrons. The van der Waals surface area contributed by atoms with Crippen LogP contribution in [0, 0.1) is 0 Å². The molecule has 0 aliphatic rings. The third-order valence-corrected chi connectivity index (χ3v) is 2.69. The van der Waals surface area contributed by atoms with Crippen molar-refractivity contribution in [2.24, 2.45) is 0 Å². The molecule has 2 rings (SSSR count). The van der Waals surface area contributed by atoms with Crippen LogP contribution < -0.4 is 5.32 Å². The number of carboxylic acids is 1. The van der Waals surface area contributed by atoms with Gasteiger partial charge in [0.1, 0.15) is 6.04 Å². The van der Waals surface area contributed by atoms with Gasteiger partial charge in [-0.15, -0.1) is 0 Å². The Morgan fingerprint density at radius 3 is 2.72 bits per heavy atom. The van der Waals surface area contributed by atoms with Gasteiger partial charge < -0.3 is 10.4 Å². The number of benzene rings is 1. The maximum Gasteiger partial charge on any atom is 0.320 e. The molecule has 2 N–H and O–H groups in total. The van der Waals surface area contributed by atoms with E-state index in [-0.39, 0.29) is 0 Å². The number of hydrogen-bond acceptors (Lipinski definition) is 3. The zero-order chi connectivity index (χ0) is 13.0. The van der Waals surface area contributed by atoms with Crippen molar-refractivity contribution in [3.8, 4) is 5.69 Å². The van der Waals surface area contributed by atoms with Gasteiger partial charge in [-0.3, -0.25) is 4.79 Å². The molecule has 1 atom stereocenters. The van der Waals surface area contributed by atoms with Gasteiger partial charge in [-0.05, 0) is 30.7 Å². The van der Waals surface area contributed by atoms with Crippen molar-refractivity contribution in [1.29, 1.82) is 0 Å². The lowest BCUT2D eigenvalue weighted by atomic mass is 10.2. The molecule has 1 heterocycles. The largest absolute Gasteiger partial charge is 0.480 e. The Bertz CT molecular complexity index is 506. The van der Waals surface area contributed by atoms with E-state index in [0.717, 1.165) is 11.3 Å². The Balaban J connectivity index is 1.98. The lowest BCUT2D eigenvalue weighted by molar-refractivity contribution is -0.139. The fraction of sp³-hybridized carbons (Fsp3) is 0.231. The fourth-order valence-corrected chi connectivity index (χ4v) is 1.55. The van der Waals surface area contributed by atoms with Crippen LogP contribution in [0.15, 0.2) is 42.7 Å². The average Bonchev–Trinajstić information content (AvgIpc) is 2.90. The molecule has 1 aromatic heterocycles. The predicted molar refractivity (Wildman–Crippen MR) is 67.5 cm³/mol. The molecule has 5 nitrogen and oxygen atoms in total. The van der Waals surface area contributed by atoms with Crippen molar-refractivity contribution < 1.29 is 9.90 Å². The lowest BCUT2D eigenvalue weighted by Crippen LogP contribution is -2.33. The van der Waals surface area contributed by atoms with Gasteiger partial charge in [0.15, 0.2) is 0 Å². The molecule has 0 fully saturated rings. The van der Waals surface area contributed by atoms with E-state index in [1.54, 1.807) is 17.8 Å². The summed E-state index contributed by atoms with van der Waals surface area (Å²) in [5, 5.41) is 15.8. The fourth-order valence-electron chi connectivity index (χ4n) is 1.55. The SMILES string of the molecule is C[C@H](NCc1ccc(-n2cccn2)cc1)C(=O)O. The first kappa shape index (κ1) is 12.3. The Hall–Kier alpha value is -2.14. The van der Waals surface area contributed by atoms with Crippen LogP contribution in [-0.4, -0.2) is 26.9 Å². The van der Waals surface area contributed by atoms with Gasteiger partial charge >= 0.3 is 5.97 Å². The summed E-state index contributed by atoms with van der Waals surface area (Å²) in [6.45, 7) is 2.16. The minimum Gasteiger partial charge on any atom is -0.480 e. The monoisotopic (exact) mass is 245 g/mol. The summed E-state index contributed by atoms with van der Waals surface area (Å²) in [6, 6.07) is 9.14. The molecule has 0 aliphatic heterocycles. The average molecular weight is 245 g/mol.